The number of nitrogens with two attached hydrogens (primary N) is 1. The molecule has 0 aliphatic carbocycles. The summed E-state index contributed by atoms with van der Waals surface area (Å²) < 4.78 is 6.60. The van der Waals surface area contributed by atoms with E-state index in [2.05, 4.69) is 21.4 Å². The Labute approximate surface area is 138 Å². The Morgan fingerprint density at radius 2 is 1.81 bits per heavy atom. The van der Waals surface area contributed by atoms with Gasteiger partial charge in [0, 0.05) is 9.50 Å². The molecule has 1 atom stereocenters. The molecule has 0 saturated heterocycles. The van der Waals surface area contributed by atoms with E-state index < -0.39 is 0 Å². The van der Waals surface area contributed by atoms with Gasteiger partial charge in [0.1, 0.15) is 5.75 Å². The van der Waals surface area contributed by atoms with Gasteiger partial charge < -0.3 is 4.74 Å². The van der Waals surface area contributed by atoms with Crippen LogP contribution in [0.3, 0.4) is 0 Å². The summed E-state index contributed by atoms with van der Waals surface area (Å²) in [5, 5.41) is 0.674. The van der Waals surface area contributed by atoms with Crippen molar-refractivity contribution in [1.82, 2.24) is 5.43 Å². The third-order valence-corrected chi connectivity index (χ3v) is 3.98. The summed E-state index contributed by atoms with van der Waals surface area (Å²) in [7, 11) is 0. The maximum atomic E-state index is 6.08. The van der Waals surface area contributed by atoms with E-state index in [0.717, 1.165) is 21.3 Å². The van der Waals surface area contributed by atoms with Gasteiger partial charge in [-0.05, 0) is 55.3 Å². The van der Waals surface area contributed by atoms with E-state index in [1.165, 1.54) is 0 Å². The second kappa shape index (κ2) is 7.27. The highest BCUT2D eigenvalue weighted by atomic mass is 79.9. The zero-order chi connectivity index (χ0) is 15.4. The van der Waals surface area contributed by atoms with Crippen molar-refractivity contribution in [1.29, 1.82) is 0 Å². The standard InChI is InChI=1S/C16H18BrClN2O/c1-10(2)21-13-6-3-11(4-7-13)16(20-19)14-9-12(18)5-8-15(14)17/h3-10,16,20H,19H2,1-2H3. The lowest BCUT2D eigenvalue weighted by Gasteiger charge is -2.19. The molecule has 0 fully saturated rings. The van der Waals surface area contributed by atoms with E-state index in [-0.39, 0.29) is 12.1 Å². The third-order valence-electron chi connectivity index (χ3n) is 3.02. The quantitative estimate of drug-likeness (QED) is 0.605. The second-order valence-corrected chi connectivity index (χ2v) is 6.29. The third kappa shape index (κ3) is 4.20. The van der Waals surface area contributed by atoms with E-state index in [4.69, 9.17) is 22.2 Å². The maximum absolute atomic E-state index is 6.08. The maximum Gasteiger partial charge on any atom is 0.119 e. The molecule has 0 aliphatic heterocycles. The van der Waals surface area contributed by atoms with Gasteiger partial charge in [-0.2, -0.15) is 0 Å². The van der Waals surface area contributed by atoms with Crippen molar-refractivity contribution < 1.29 is 4.74 Å². The number of ether oxygens (including phenoxy) is 1. The minimum atomic E-state index is -0.147. The van der Waals surface area contributed by atoms with Gasteiger partial charge in [-0.25, -0.2) is 5.43 Å². The first kappa shape index (κ1) is 16.3. The van der Waals surface area contributed by atoms with Gasteiger partial charge in [-0.1, -0.05) is 39.7 Å². The van der Waals surface area contributed by atoms with E-state index in [1.807, 2.05) is 56.3 Å². The van der Waals surface area contributed by atoms with Gasteiger partial charge in [0.15, 0.2) is 0 Å². The molecule has 0 saturated carbocycles. The lowest BCUT2D eigenvalue weighted by molar-refractivity contribution is 0.242. The first-order chi connectivity index (χ1) is 10.0. The van der Waals surface area contributed by atoms with E-state index in [9.17, 15) is 0 Å². The Bertz CT molecular complexity index is 602. The molecular formula is C16H18BrClN2O. The molecule has 5 heteroatoms. The highest BCUT2D eigenvalue weighted by molar-refractivity contribution is 9.10. The predicted octanol–water partition coefficient (Wildman–Crippen LogP) is 4.44. The van der Waals surface area contributed by atoms with Crippen LogP contribution in [0.4, 0.5) is 0 Å². The number of hydrogen-bond acceptors (Lipinski definition) is 3. The average Bonchev–Trinajstić information content (AvgIpc) is 2.44. The van der Waals surface area contributed by atoms with Crippen molar-refractivity contribution >= 4 is 27.5 Å². The molecule has 2 rings (SSSR count). The molecule has 0 amide bonds. The molecule has 112 valence electrons. The first-order valence-electron chi connectivity index (χ1n) is 6.69. The van der Waals surface area contributed by atoms with Crippen LogP contribution in [0, 0.1) is 0 Å². The molecule has 1 unspecified atom stereocenters. The van der Waals surface area contributed by atoms with Crippen LogP contribution in [0.2, 0.25) is 5.02 Å². The molecule has 0 radical (unpaired) electrons. The van der Waals surface area contributed by atoms with E-state index in [1.54, 1.807) is 0 Å². The monoisotopic (exact) mass is 368 g/mol. The first-order valence-corrected chi connectivity index (χ1v) is 7.86. The molecule has 0 bridgehead atoms. The van der Waals surface area contributed by atoms with Gasteiger partial charge in [0.25, 0.3) is 0 Å². The molecule has 0 aliphatic rings. The zero-order valence-corrected chi connectivity index (χ0v) is 14.3. The molecule has 21 heavy (non-hydrogen) atoms. The summed E-state index contributed by atoms with van der Waals surface area (Å²) in [5.74, 6) is 6.57. The number of nitrogens with one attached hydrogen (secondary N) is 1. The van der Waals surface area contributed by atoms with E-state index in [0.29, 0.717) is 5.02 Å². The summed E-state index contributed by atoms with van der Waals surface area (Å²) in [5.41, 5.74) is 4.86. The number of rotatable bonds is 5. The molecule has 0 heterocycles. The summed E-state index contributed by atoms with van der Waals surface area (Å²) in [6.07, 6.45) is 0.154. The average molecular weight is 370 g/mol. The van der Waals surface area contributed by atoms with E-state index >= 15 is 0 Å². The number of benzene rings is 2. The number of hydrazine groups is 1. The Balaban J connectivity index is 2.31. The highest BCUT2D eigenvalue weighted by Crippen LogP contribution is 2.31. The highest BCUT2D eigenvalue weighted by Gasteiger charge is 2.16. The van der Waals surface area contributed by atoms with Gasteiger partial charge >= 0.3 is 0 Å². The lowest BCUT2D eigenvalue weighted by atomic mass is 9.99. The Morgan fingerprint density at radius 3 is 2.38 bits per heavy atom. The summed E-state index contributed by atoms with van der Waals surface area (Å²) in [6, 6.07) is 13.4. The normalized spacial score (nSPS) is 12.5. The smallest absolute Gasteiger partial charge is 0.119 e. The van der Waals surface area contributed by atoms with Crippen molar-refractivity contribution in [3.05, 3.63) is 63.1 Å². The van der Waals surface area contributed by atoms with Gasteiger partial charge in [0.05, 0.1) is 12.1 Å². The van der Waals surface area contributed by atoms with Crippen molar-refractivity contribution in [3.8, 4) is 5.75 Å². The number of hydrogen-bond donors (Lipinski definition) is 2. The second-order valence-electron chi connectivity index (χ2n) is 5.00. The fraction of sp³-hybridized carbons (Fsp3) is 0.250. The van der Waals surface area contributed by atoms with Crippen LogP contribution in [-0.4, -0.2) is 6.10 Å². The van der Waals surface area contributed by atoms with Crippen LogP contribution >= 0.6 is 27.5 Å². The Hall–Kier alpha value is -1.07. The van der Waals surface area contributed by atoms with Gasteiger partial charge in [0.2, 0.25) is 0 Å². The van der Waals surface area contributed by atoms with Crippen LogP contribution in [0.1, 0.15) is 31.0 Å². The fourth-order valence-corrected chi connectivity index (χ4v) is 2.77. The van der Waals surface area contributed by atoms with Crippen LogP contribution < -0.4 is 16.0 Å². The minimum Gasteiger partial charge on any atom is -0.491 e. The van der Waals surface area contributed by atoms with Crippen molar-refractivity contribution in [3.63, 3.8) is 0 Å². The summed E-state index contributed by atoms with van der Waals surface area (Å²) in [6.45, 7) is 4.00. The molecule has 0 aromatic heterocycles. The van der Waals surface area contributed by atoms with Crippen molar-refractivity contribution in [2.24, 2.45) is 5.84 Å². The molecular weight excluding hydrogens is 352 g/mol. The molecule has 3 nitrogen and oxygen atoms in total. The summed E-state index contributed by atoms with van der Waals surface area (Å²) in [4.78, 5) is 0. The molecule has 2 aromatic rings. The Morgan fingerprint density at radius 1 is 1.14 bits per heavy atom. The van der Waals surface area contributed by atoms with Crippen LogP contribution in [0.25, 0.3) is 0 Å². The topological polar surface area (TPSA) is 47.3 Å². The molecule has 2 aromatic carbocycles. The SMILES string of the molecule is CC(C)Oc1ccc(C(NN)c2cc(Cl)ccc2Br)cc1. The fourth-order valence-electron chi connectivity index (χ4n) is 2.11. The van der Waals surface area contributed by atoms with Gasteiger partial charge in [-0.3, -0.25) is 5.84 Å². The van der Waals surface area contributed by atoms with Crippen LogP contribution in [0.5, 0.6) is 5.75 Å². The largest absolute Gasteiger partial charge is 0.491 e. The van der Waals surface area contributed by atoms with Crippen LogP contribution in [-0.2, 0) is 0 Å². The lowest BCUT2D eigenvalue weighted by Crippen LogP contribution is -2.29. The van der Waals surface area contributed by atoms with Gasteiger partial charge in [-0.15, -0.1) is 0 Å². The predicted molar refractivity (Wildman–Crippen MR) is 90.5 cm³/mol. The number of halogens is 2. The summed E-state index contributed by atoms with van der Waals surface area (Å²) >= 11 is 9.62. The van der Waals surface area contributed by atoms with Crippen molar-refractivity contribution in [2.45, 2.75) is 26.0 Å². The molecule has 0 spiro atoms. The van der Waals surface area contributed by atoms with Crippen LogP contribution in [0.15, 0.2) is 46.9 Å². The Kier molecular flexibility index (Phi) is 5.65. The zero-order valence-electron chi connectivity index (χ0n) is 11.9. The van der Waals surface area contributed by atoms with Crippen molar-refractivity contribution in [2.75, 3.05) is 0 Å². The minimum absolute atomic E-state index is 0.147. The molecule has 3 N–H and O–H groups in total.